The third kappa shape index (κ3) is 3.50. The molecule has 0 spiro atoms. The van der Waals surface area contributed by atoms with Crippen molar-refractivity contribution >= 4 is 11.9 Å². The molecule has 2 aromatic rings. The fraction of sp³-hybridized carbons (Fsp3) is 0.429. The second-order valence-corrected chi connectivity index (χ2v) is 7.77. The van der Waals surface area contributed by atoms with Crippen LogP contribution >= 0.6 is 0 Å². The fourth-order valence-electron chi connectivity index (χ4n) is 4.46. The maximum Gasteiger partial charge on any atom is 0.320 e. The van der Waals surface area contributed by atoms with Crippen LogP contribution < -0.4 is 4.74 Å². The van der Waals surface area contributed by atoms with Gasteiger partial charge in [-0.1, -0.05) is 12.1 Å². The number of likely N-dealkylation sites (tertiary alicyclic amines) is 2. The molecule has 1 aromatic carbocycles. The highest BCUT2D eigenvalue weighted by atomic mass is 16.5. The first-order valence-electron chi connectivity index (χ1n) is 9.66. The highest BCUT2D eigenvalue weighted by Crippen LogP contribution is 2.45. The summed E-state index contributed by atoms with van der Waals surface area (Å²) in [5.41, 5.74) is 1.41. The van der Waals surface area contributed by atoms with Crippen molar-refractivity contribution in [1.29, 1.82) is 0 Å². The van der Waals surface area contributed by atoms with Crippen LogP contribution in [0.15, 0.2) is 42.9 Å². The Hall–Kier alpha value is -3.16. The monoisotopic (exact) mass is 395 g/mol. The molecule has 0 bridgehead atoms. The van der Waals surface area contributed by atoms with E-state index >= 15 is 0 Å². The molecule has 2 saturated heterocycles. The Morgan fingerprint density at radius 1 is 1.10 bits per heavy atom. The highest BCUT2D eigenvalue weighted by molar-refractivity contribution is 5.92. The van der Waals surface area contributed by atoms with Crippen LogP contribution in [0.25, 0.3) is 0 Å². The number of carbonyl (C=O) groups excluding carboxylic acids is 2. The Kier molecular flexibility index (Phi) is 5.08. The Bertz CT molecular complexity index is 887. The fourth-order valence-corrected chi connectivity index (χ4v) is 4.46. The quantitative estimate of drug-likeness (QED) is 0.793. The summed E-state index contributed by atoms with van der Waals surface area (Å²) in [6.45, 7) is 1.83. The van der Waals surface area contributed by atoms with Gasteiger partial charge in [0.15, 0.2) is 0 Å². The molecule has 3 heterocycles. The Balaban J connectivity index is 1.60. The van der Waals surface area contributed by atoms with Crippen LogP contribution in [0, 0.1) is 11.8 Å². The van der Waals surface area contributed by atoms with Crippen LogP contribution in [0.4, 0.5) is 4.79 Å². The number of carbonyl (C=O) groups is 2. The van der Waals surface area contributed by atoms with Gasteiger partial charge in [-0.2, -0.15) is 0 Å². The maximum atomic E-state index is 12.8. The zero-order valence-electron chi connectivity index (χ0n) is 16.9. The zero-order chi connectivity index (χ0) is 20.5. The van der Waals surface area contributed by atoms with Gasteiger partial charge in [-0.05, 0) is 17.7 Å². The third-order valence-corrected chi connectivity index (χ3v) is 5.82. The zero-order valence-corrected chi connectivity index (χ0v) is 16.9. The topological polar surface area (TPSA) is 78.9 Å². The van der Waals surface area contributed by atoms with Gasteiger partial charge in [0.05, 0.1) is 19.3 Å². The van der Waals surface area contributed by atoms with Gasteiger partial charge >= 0.3 is 6.03 Å². The van der Waals surface area contributed by atoms with Gasteiger partial charge in [0, 0.05) is 58.0 Å². The summed E-state index contributed by atoms with van der Waals surface area (Å²) < 4.78 is 5.27. The molecule has 1 aromatic heterocycles. The SMILES string of the molecule is COc1ccc([C@H]2[C@@H]3CN(C(=O)c4cnccn4)C[C@@H]3CN2C(=O)N(C)C)cc1. The smallest absolute Gasteiger partial charge is 0.320 e. The van der Waals surface area contributed by atoms with Crippen molar-refractivity contribution in [3.63, 3.8) is 0 Å². The molecule has 2 aliphatic rings. The van der Waals surface area contributed by atoms with Crippen molar-refractivity contribution in [2.45, 2.75) is 6.04 Å². The van der Waals surface area contributed by atoms with Crippen molar-refractivity contribution in [1.82, 2.24) is 24.7 Å². The average molecular weight is 395 g/mol. The lowest BCUT2D eigenvalue weighted by Crippen LogP contribution is -2.42. The number of hydrogen-bond acceptors (Lipinski definition) is 5. The van der Waals surface area contributed by atoms with E-state index in [9.17, 15) is 9.59 Å². The van der Waals surface area contributed by atoms with Crippen molar-refractivity contribution in [3.05, 3.63) is 54.1 Å². The van der Waals surface area contributed by atoms with E-state index in [4.69, 9.17) is 4.74 Å². The summed E-state index contributed by atoms with van der Waals surface area (Å²) in [5, 5.41) is 0. The second kappa shape index (κ2) is 7.69. The van der Waals surface area contributed by atoms with Crippen molar-refractivity contribution in [2.75, 3.05) is 40.8 Å². The molecule has 2 aliphatic heterocycles. The molecular weight excluding hydrogens is 370 g/mol. The van der Waals surface area contributed by atoms with Gasteiger partial charge in [-0.3, -0.25) is 9.78 Å². The highest BCUT2D eigenvalue weighted by Gasteiger charge is 2.50. The number of fused-ring (bicyclic) bond motifs is 1. The number of urea groups is 1. The molecule has 29 heavy (non-hydrogen) atoms. The number of amides is 3. The molecule has 3 atom stereocenters. The molecule has 8 heteroatoms. The molecule has 8 nitrogen and oxygen atoms in total. The minimum atomic E-state index is -0.105. The van der Waals surface area contributed by atoms with Crippen LogP contribution in [0.3, 0.4) is 0 Å². The largest absolute Gasteiger partial charge is 0.497 e. The van der Waals surface area contributed by atoms with E-state index in [0.717, 1.165) is 11.3 Å². The number of ether oxygens (including phenoxy) is 1. The number of aromatic nitrogens is 2. The molecule has 0 saturated carbocycles. The number of rotatable bonds is 3. The van der Waals surface area contributed by atoms with Gasteiger partial charge < -0.3 is 19.4 Å². The predicted molar refractivity (Wildman–Crippen MR) is 106 cm³/mol. The van der Waals surface area contributed by atoms with Crippen molar-refractivity contribution < 1.29 is 14.3 Å². The normalized spacial score (nSPS) is 23.1. The first-order valence-corrected chi connectivity index (χ1v) is 9.66. The van der Waals surface area contributed by atoms with Crippen LogP contribution in [0.1, 0.15) is 22.1 Å². The molecule has 2 fully saturated rings. The molecule has 4 rings (SSSR count). The molecule has 0 radical (unpaired) electrons. The minimum Gasteiger partial charge on any atom is -0.497 e. The molecule has 3 amide bonds. The maximum absolute atomic E-state index is 12.8. The van der Waals surface area contributed by atoms with Crippen LogP contribution in [0.5, 0.6) is 5.75 Å². The predicted octanol–water partition coefficient (Wildman–Crippen LogP) is 1.91. The van der Waals surface area contributed by atoms with E-state index in [1.165, 1.54) is 12.4 Å². The number of benzene rings is 1. The van der Waals surface area contributed by atoms with Gasteiger partial charge in [-0.15, -0.1) is 0 Å². The van der Waals surface area contributed by atoms with Gasteiger partial charge in [0.25, 0.3) is 5.91 Å². The van der Waals surface area contributed by atoms with E-state index in [0.29, 0.717) is 25.3 Å². The lowest BCUT2D eigenvalue weighted by Gasteiger charge is -2.32. The van der Waals surface area contributed by atoms with Gasteiger partial charge in [0.2, 0.25) is 0 Å². The molecular formula is C21H25N5O3. The van der Waals surface area contributed by atoms with Crippen molar-refractivity contribution in [3.8, 4) is 5.75 Å². The summed E-state index contributed by atoms with van der Waals surface area (Å²) in [6.07, 6.45) is 4.58. The molecule has 0 unspecified atom stereocenters. The van der Waals surface area contributed by atoms with E-state index in [2.05, 4.69) is 9.97 Å². The Labute approximate surface area is 170 Å². The summed E-state index contributed by atoms with van der Waals surface area (Å²) >= 11 is 0. The lowest BCUT2D eigenvalue weighted by molar-refractivity contribution is 0.0760. The second-order valence-electron chi connectivity index (χ2n) is 7.77. The standard InChI is InChI=1S/C21H25N5O3/c1-24(2)21(28)26-12-15-11-25(20(27)18-10-22-8-9-23-18)13-17(15)19(26)14-4-6-16(29-3)7-5-14/h4-10,15,17,19H,11-13H2,1-3H3/t15-,17-,19+/m1/s1. The Morgan fingerprint density at radius 2 is 1.86 bits per heavy atom. The minimum absolute atomic E-state index is 0.00739. The first-order chi connectivity index (χ1) is 14.0. The van der Waals surface area contributed by atoms with Crippen molar-refractivity contribution in [2.24, 2.45) is 11.8 Å². The first kappa shape index (κ1) is 19.2. The van der Waals surface area contributed by atoms with E-state index in [1.807, 2.05) is 34.1 Å². The van der Waals surface area contributed by atoms with Gasteiger partial charge in [-0.25, -0.2) is 9.78 Å². The summed E-state index contributed by atoms with van der Waals surface area (Å²) in [5.74, 6) is 1.07. The van der Waals surface area contributed by atoms with Crippen LogP contribution in [-0.4, -0.2) is 77.4 Å². The van der Waals surface area contributed by atoms with Crippen LogP contribution in [0.2, 0.25) is 0 Å². The van der Waals surface area contributed by atoms with Crippen LogP contribution in [-0.2, 0) is 0 Å². The average Bonchev–Trinajstić information content (AvgIpc) is 3.31. The summed E-state index contributed by atoms with van der Waals surface area (Å²) in [6, 6.07) is 7.76. The van der Waals surface area contributed by atoms with Gasteiger partial charge in [0.1, 0.15) is 11.4 Å². The third-order valence-electron chi connectivity index (χ3n) is 5.82. The lowest BCUT2D eigenvalue weighted by atomic mass is 9.89. The number of hydrogen-bond donors (Lipinski definition) is 0. The Morgan fingerprint density at radius 3 is 2.48 bits per heavy atom. The van der Waals surface area contributed by atoms with E-state index in [-0.39, 0.29) is 29.8 Å². The molecule has 0 N–H and O–H groups in total. The molecule has 0 aliphatic carbocycles. The van der Waals surface area contributed by atoms with E-state index < -0.39 is 0 Å². The molecule has 152 valence electrons. The number of methoxy groups -OCH3 is 1. The summed E-state index contributed by atoms with van der Waals surface area (Å²) in [4.78, 5) is 39.2. The van der Waals surface area contributed by atoms with E-state index in [1.54, 1.807) is 32.3 Å². The summed E-state index contributed by atoms with van der Waals surface area (Å²) in [7, 11) is 5.17. The number of nitrogens with zero attached hydrogens (tertiary/aromatic N) is 5.